The lowest BCUT2D eigenvalue weighted by atomic mass is 10.0. The van der Waals surface area contributed by atoms with E-state index in [0.717, 1.165) is 5.56 Å². The molecule has 3 amide bonds. The highest BCUT2D eigenvalue weighted by molar-refractivity contribution is 7.98. The molecule has 4 unspecified atom stereocenters. The number of rotatable bonds is 18. The smallest absolute Gasteiger partial charge is 0.326 e. The van der Waals surface area contributed by atoms with Crippen molar-refractivity contribution in [3.8, 4) is 0 Å². The predicted molar refractivity (Wildman–Crippen MR) is 150 cm³/mol. The summed E-state index contributed by atoms with van der Waals surface area (Å²) in [5, 5.41) is 17.7. The van der Waals surface area contributed by atoms with Gasteiger partial charge in [-0.15, -0.1) is 0 Å². The molecule has 0 bridgehead atoms. The van der Waals surface area contributed by atoms with E-state index < -0.39 is 47.9 Å². The van der Waals surface area contributed by atoms with Gasteiger partial charge in [-0.25, -0.2) is 9.78 Å². The first-order valence-electron chi connectivity index (χ1n) is 12.8. The predicted octanol–water partition coefficient (Wildman–Crippen LogP) is -0.0567. The first-order valence-corrected chi connectivity index (χ1v) is 14.2. The molecule has 0 saturated carbocycles. The van der Waals surface area contributed by atoms with Crippen molar-refractivity contribution in [1.82, 2.24) is 25.9 Å². The van der Waals surface area contributed by atoms with Crippen molar-refractivity contribution in [2.24, 2.45) is 11.5 Å². The van der Waals surface area contributed by atoms with Crippen LogP contribution in [0.4, 0.5) is 0 Å². The number of aromatic amines is 1. The van der Waals surface area contributed by atoms with E-state index in [4.69, 9.17) is 11.5 Å². The Morgan fingerprint density at radius 3 is 2.18 bits per heavy atom. The number of carboxylic acids is 1. The molecular formula is C26H39N7O5S. The van der Waals surface area contributed by atoms with E-state index in [9.17, 15) is 24.3 Å². The quantitative estimate of drug-likeness (QED) is 0.122. The normalized spacial score (nSPS) is 14.0. The molecule has 0 spiro atoms. The first-order chi connectivity index (χ1) is 18.7. The van der Waals surface area contributed by atoms with Gasteiger partial charge in [0.25, 0.3) is 0 Å². The first kappa shape index (κ1) is 31.8. The Hall–Kier alpha value is -3.42. The number of aromatic nitrogens is 2. The van der Waals surface area contributed by atoms with Crippen LogP contribution < -0.4 is 27.4 Å². The van der Waals surface area contributed by atoms with E-state index in [0.29, 0.717) is 37.3 Å². The van der Waals surface area contributed by atoms with Gasteiger partial charge in [-0.1, -0.05) is 30.3 Å². The fourth-order valence-electron chi connectivity index (χ4n) is 3.87. The number of carboxylic acid groups (broad SMARTS) is 1. The molecule has 2 aromatic rings. The average Bonchev–Trinajstić information content (AvgIpc) is 3.43. The molecule has 9 N–H and O–H groups in total. The number of H-pyrrole nitrogens is 1. The molecule has 0 aliphatic carbocycles. The van der Waals surface area contributed by atoms with Gasteiger partial charge in [0.1, 0.15) is 18.1 Å². The maximum absolute atomic E-state index is 13.3. The molecule has 1 aromatic carbocycles. The lowest BCUT2D eigenvalue weighted by Gasteiger charge is -2.25. The minimum absolute atomic E-state index is 0.0943. The molecule has 0 saturated heterocycles. The summed E-state index contributed by atoms with van der Waals surface area (Å²) < 4.78 is 0. The number of nitrogens with one attached hydrogen (secondary N) is 4. The van der Waals surface area contributed by atoms with Crippen LogP contribution in [0.2, 0.25) is 0 Å². The summed E-state index contributed by atoms with van der Waals surface area (Å²) in [6.45, 7) is 0.429. The molecule has 1 aromatic heterocycles. The van der Waals surface area contributed by atoms with Crippen LogP contribution in [0.25, 0.3) is 0 Å². The van der Waals surface area contributed by atoms with Crippen molar-refractivity contribution in [1.29, 1.82) is 0 Å². The zero-order chi connectivity index (χ0) is 28.6. The maximum Gasteiger partial charge on any atom is 0.326 e. The van der Waals surface area contributed by atoms with Crippen LogP contribution in [0.3, 0.4) is 0 Å². The van der Waals surface area contributed by atoms with E-state index in [-0.39, 0.29) is 19.3 Å². The minimum Gasteiger partial charge on any atom is -0.480 e. The molecule has 0 aliphatic heterocycles. The minimum atomic E-state index is -1.18. The van der Waals surface area contributed by atoms with Gasteiger partial charge in [-0.2, -0.15) is 11.8 Å². The molecule has 1 heterocycles. The summed E-state index contributed by atoms with van der Waals surface area (Å²) in [7, 11) is 0. The van der Waals surface area contributed by atoms with Gasteiger partial charge >= 0.3 is 5.97 Å². The number of imidazole rings is 1. The Morgan fingerprint density at radius 1 is 0.949 bits per heavy atom. The summed E-state index contributed by atoms with van der Waals surface area (Å²) in [5.74, 6) is -2.31. The van der Waals surface area contributed by atoms with Gasteiger partial charge in [0.15, 0.2) is 0 Å². The summed E-state index contributed by atoms with van der Waals surface area (Å²) in [4.78, 5) is 57.9. The number of carbonyl (C=O) groups excluding carboxylic acids is 3. The number of thioether (sulfide) groups is 1. The SMILES string of the molecule is CSCCC(NC(=O)C(CCCCN)NC(=O)C(N)Cc1cnc[nH]1)C(=O)NC(Cc1ccccc1)C(=O)O. The summed E-state index contributed by atoms with van der Waals surface area (Å²) >= 11 is 1.49. The van der Waals surface area contributed by atoms with Crippen molar-refractivity contribution in [2.75, 3.05) is 18.6 Å². The number of hydrogen-bond acceptors (Lipinski definition) is 8. The second kappa shape index (κ2) is 17.2. The zero-order valence-electron chi connectivity index (χ0n) is 22.1. The number of nitrogens with zero attached hydrogens (tertiary/aromatic N) is 1. The summed E-state index contributed by atoms with van der Waals surface area (Å²) in [5.41, 5.74) is 13.1. The van der Waals surface area contributed by atoms with Crippen molar-refractivity contribution in [2.45, 2.75) is 62.7 Å². The van der Waals surface area contributed by atoms with Crippen molar-refractivity contribution in [3.05, 3.63) is 54.1 Å². The van der Waals surface area contributed by atoms with E-state index in [1.165, 1.54) is 18.1 Å². The molecule has 12 nitrogen and oxygen atoms in total. The average molecular weight is 562 g/mol. The van der Waals surface area contributed by atoms with Crippen LogP contribution in [0, 0.1) is 0 Å². The Balaban J connectivity index is 2.10. The van der Waals surface area contributed by atoms with Crippen LogP contribution in [0.1, 0.15) is 36.9 Å². The molecule has 0 fully saturated rings. The van der Waals surface area contributed by atoms with Crippen LogP contribution in [-0.2, 0) is 32.0 Å². The molecule has 4 atom stereocenters. The van der Waals surface area contributed by atoms with E-state index in [1.54, 1.807) is 30.5 Å². The topological polar surface area (TPSA) is 205 Å². The third-order valence-corrected chi connectivity index (χ3v) is 6.70. The van der Waals surface area contributed by atoms with Gasteiger partial charge in [-0.05, 0) is 49.8 Å². The monoisotopic (exact) mass is 561 g/mol. The molecule has 39 heavy (non-hydrogen) atoms. The second-order valence-corrected chi connectivity index (χ2v) is 10.2. The molecule has 2 rings (SSSR count). The maximum atomic E-state index is 13.3. The van der Waals surface area contributed by atoms with Crippen molar-refractivity contribution < 1.29 is 24.3 Å². The second-order valence-electron chi connectivity index (χ2n) is 9.16. The summed E-state index contributed by atoms with van der Waals surface area (Å²) in [6.07, 6.45) is 7.02. The van der Waals surface area contributed by atoms with Gasteiger partial charge in [0, 0.05) is 24.7 Å². The fraction of sp³-hybridized carbons (Fsp3) is 0.500. The Bertz CT molecular complexity index is 1040. The highest BCUT2D eigenvalue weighted by atomic mass is 32.2. The third-order valence-electron chi connectivity index (χ3n) is 6.05. The van der Waals surface area contributed by atoms with E-state index in [1.807, 2.05) is 12.3 Å². The largest absolute Gasteiger partial charge is 0.480 e. The highest BCUT2D eigenvalue weighted by Crippen LogP contribution is 2.08. The van der Waals surface area contributed by atoms with Gasteiger partial charge in [0.05, 0.1) is 12.4 Å². The number of hydrogen-bond donors (Lipinski definition) is 7. The van der Waals surface area contributed by atoms with Crippen LogP contribution in [-0.4, -0.2) is 81.5 Å². The number of benzene rings is 1. The van der Waals surface area contributed by atoms with E-state index in [2.05, 4.69) is 25.9 Å². The number of carbonyl (C=O) groups is 4. The lowest BCUT2D eigenvalue weighted by Crippen LogP contribution is -2.57. The van der Waals surface area contributed by atoms with Crippen molar-refractivity contribution in [3.63, 3.8) is 0 Å². The van der Waals surface area contributed by atoms with Crippen molar-refractivity contribution >= 4 is 35.5 Å². The van der Waals surface area contributed by atoms with Crippen LogP contribution in [0.15, 0.2) is 42.9 Å². The van der Waals surface area contributed by atoms with E-state index >= 15 is 0 Å². The van der Waals surface area contributed by atoms with Crippen LogP contribution >= 0.6 is 11.8 Å². The Kier molecular flexibility index (Phi) is 14.0. The summed E-state index contributed by atoms with van der Waals surface area (Å²) in [6, 6.07) is 4.93. The molecular weight excluding hydrogens is 522 g/mol. The molecule has 0 aliphatic rings. The molecule has 214 valence electrons. The zero-order valence-corrected chi connectivity index (χ0v) is 22.9. The fourth-order valence-corrected chi connectivity index (χ4v) is 4.34. The number of aliphatic carboxylic acids is 1. The Labute approximate surface area is 232 Å². The third kappa shape index (κ3) is 11.5. The lowest BCUT2D eigenvalue weighted by molar-refractivity contribution is -0.142. The van der Waals surface area contributed by atoms with Crippen LogP contribution in [0.5, 0.6) is 0 Å². The Morgan fingerprint density at radius 2 is 1.59 bits per heavy atom. The highest BCUT2D eigenvalue weighted by Gasteiger charge is 2.30. The standard InChI is InChI=1S/C26H39N7O5S/c1-39-12-10-21(25(36)33-22(26(37)38)13-17-7-3-2-4-8-17)32-24(35)20(9-5-6-11-27)31-23(34)19(28)14-18-15-29-16-30-18/h2-4,7-8,15-16,19-22H,5-6,9-14,27-28H2,1H3,(H,29,30)(H,31,34)(H,32,35)(H,33,36)(H,37,38). The van der Waals surface area contributed by atoms with Gasteiger partial charge in [-0.3, -0.25) is 14.4 Å². The number of nitrogens with two attached hydrogens (primary N) is 2. The number of amides is 3. The molecule has 0 radical (unpaired) electrons. The van der Waals surface area contributed by atoms with Gasteiger partial charge in [0.2, 0.25) is 17.7 Å². The van der Waals surface area contributed by atoms with Gasteiger partial charge < -0.3 is 37.5 Å². The number of unbranched alkanes of at least 4 members (excludes halogenated alkanes) is 1. The molecule has 13 heteroatoms.